The predicted octanol–water partition coefficient (Wildman–Crippen LogP) is 2.95. The van der Waals surface area contributed by atoms with E-state index in [0.29, 0.717) is 23.7 Å². The number of aromatic nitrogens is 1. The molecule has 2 saturated heterocycles. The Morgan fingerprint density at radius 3 is 3.05 bits per heavy atom. The monoisotopic (exact) mass is 290 g/mol. The topological polar surface area (TPSA) is 45.3 Å². The largest absolute Gasteiger partial charge is 0.459 e. The highest BCUT2D eigenvalue weighted by atomic mass is 16.5. The molecule has 2 aliphatic rings. The molecule has 2 aromatic rings. The highest BCUT2D eigenvalue weighted by molar-refractivity contribution is 6.04. The second kappa shape index (κ2) is 4.88. The lowest BCUT2D eigenvalue weighted by Crippen LogP contribution is -2.43. The first kappa shape index (κ1) is 7.99. The van der Waals surface area contributed by atoms with Crippen molar-refractivity contribution in [2.75, 3.05) is 6.98 Å². The summed E-state index contributed by atoms with van der Waals surface area (Å²) in [7, 11) is 0. The number of carbonyl (C=O) groups is 1. The van der Waals surface area contributed by atoms with Crippen molar-refractivity contribution >= 4 is 16.9 Å². The number of esters is 1. The highest BCUT2D eigenvalue weighted by Gasteiger charge is 2.40. The van der Waals surface area contributed by atoms with Crippen LogP contribution in [0.15, 0.2) is 30.4 Å². The van der Waals surface area contributed by atoms with Crippen LogP contribution in [0.1, 0.15) is 44.3 Å². The fourth-order valence-electron chi connectivity index (χ4n) is 3.48. The number of rotatable bonds is 2. The van der Waals surface area contributed by atoms with Crippen LogP contribution in [0.4, 0.5) is 0 Å². The molecule has 0 aliphatic carbocycles. The van der Waals surface area contributed by atoms with Gasteiger partial charge < -0.3 is 14.6 Å². The number of para-hydroxylation sites is 1. The standard InChI is InChI=1S/C17H20N2O2/c1-19-11-6-7-12(19)9-13(8-11)21-17(20)15-10-18-16-5-3-2-4-14(15)16/h2-5,10-13,18H,6-9H2,1H3/t11-,12+,13?/i1D3,2D,5D,10D. The lowest BCUT2D eigenvalue weighted by Gasteiger charge is -2.35. The molecule has 0 radical (unpaired) electrons. The molecule has 21 heavy (non-hydrogen) atoms. The molecule has 1 aromatic carbocycles. The molecule has 4 nitrogen and oxygen atoms in total. The van der Waals surface area contributed by atoms with Crippen LogP contribution in [0.5, 0.6) is 0 Å². The maximum Gasteiger partial charge on any atom is 0.340 e. The molecule has 110 valence electrons. The van der Waals surface area contributed by atoms with Gasteiger partial charge in [0.15, 0.2) is 0 Å². The Bertz CT molecular complexity index is 895. The fraction of sp³-hybridized carbons (Fsp3) is 0.471. The van der Waals surface area contributed by atoms with Gasteiger partial charge in [-0.15, -0.1) is 0 Å². The summed E-state index contributed by atoms with van der Waals surface area (Å²) in [6.45, 7) is -2.14. The SMILES string of the molecule is [2H]c1cc([2H])c2[nH]c([2H])c(C(=O)OC3C[C@H]4CC[C@@H](C3)N4C([2H])([2H])[2H])c2c1. The van der Waals surface area contributed by atoms with Crippen LogP contribution < -0.4 is 0 Å². The zero-order chi connectivity index (χ0) is 19.5. The number of nitrogens with one attached hydrogen (secondary N) is 1. The van der Waals surface area contributed by atoms with Crippen molar-refractivity contribution in [2.45, 2.75) is 43.9 Å². The number of piperidine rings is 1. The molecular weight excluding hydrogens is 264 g/mol. The second-order valence-corrected chi connectivity index (χ2v) is 5.80. The Hall–Kier alpha value is -1.81. The van der Waals surface area contributed by atoms with Gasteiger partial charge in [0.25, 0.3) is 0 Å². The average molecular weight is 290 g/mol. The number of hydrogen-bond acceptors (Lipinski definition) is 3. The number of benzene rings is 1. The number of carbonyl (C=O) groups excluding carboxylic acids is 1. The molecular formula is C17H20N2O2. The molecule has 2 aliphatic heterocycles. The van der Waals surface area contributed by atoms with Crippen molar-refractivity contribution < 1.29 is 17.8 Å². The molecule has 2 bridgehead atoms. The molecule has 0 saturated carbocycles. The van der Waals surface area contributed by atoms with Crippen LogP contribution in [-0.2, 0) is 4.74 Å². The van der Waals surface area contributed by atoms with E-state index in [9.17, 15) is 4.79 Å². The molecule has 0 spiro atoms. The molecule has 1 N–H and O–H groups in total. The van der Waals surface area contributed by atoms with E-state index in [0.717, 1.165) is 12.8 Å². The molecule has 3 atom stereocenters. The number of aromatic amines is 1. The fourth-order valence-corrected chi connectivity index (χ4v) is 3.48. The first-order valence-electron chi connectivity index (χ1n) is 10.2. The van der Waals surface area contributed by atoms with Gasteiger partial charge in [0.1, 0.15) is 6.10 Å². The van der Waals surface area contributed by atoms with Gasteiger partial charge in [-0.1, -0.05) is 18.2 Å². The normalized spacial score (nSPS) is 33.6. The third-order valence-corrected chi connectivity index (χ3v) is 4.55. The molecule has 3 heterocycles. The lowest BCUT2D eigenvalue weighted by molar-refractivity contribution is -0.000258. The summed E-state index contributed by atoms with van der Waals surface area (Å²) in [6, 6.07) is 2.66. The van der Waals surface area contributed by atoms with Crippen molar-refractivity contribution in [1.82, 2.24) is 9.88 Å². The van der Waals surface area contributed by atoms with Crippen molar-refractivity contribution in [1.29, 1.82) is 0 Å². The first-order chi connectivity index (χ1) is 12.6. The van der Waals surface area contributed by atoms with Crippen LogP contribution in [0.3, 0.4) is 0 Å². The zero-order valence-electron chi connectivity index (χ0n) is 17.5. The lowest BCUT2D eigenvalue weighted by atomic mass is 10.0. The van der Waals surface area contributed by atoms with Gasteiger partial charge in [-0.05, 0) is 25.9 Å². The van der Waals surface area contributed by atoms with Gasteiger partial charge in [0, 0.05) is 46.1 Å². The van der Waals surface area contributed by atoms with E-state index < -0.39 is 19.0 Å². The summed E-state index contributed by atoms with van der Waals surface area (Å²) in [6.07, 6.45) is 1.94. The average Bonchev–Trinajstić information content (AvgIpc) is 3.02. The van der Waals surface area contributed by atoms with Crippen molar-refractivity contribution in [2.24, 2.45) is 0 Å². The van der Waals surface area contributed by atoms with Gasteiger partial charge in [0.05, 0.1) is 9.68 Å². The number of ether oxygens (including phenoxy) is 1. The minimum atomic E-state index is -2.14. The van der Waals surface area contributed by atoms with E-state index in [-0.39, 0.29) is 35.9 Å². The highest BCUT2D eigenvalue weighted by Crippen LogP contribution is 2.35. The van der Waals surface area contributed by atoms with E-state index in [4.69, 9.17) is 13.0 Å². The number of hydrogen-bond donors (Lipinski definition) is 1. The molecule has 0 amide bonds. The van der Waals surface area contributed by atoms with Crippen molar-refractivity contribution in [3.63, 3.8) is 0 Å². The third kappa shape index (κ3) is 2.14. The van der Waals surface area contributed by atoms with Gasteiger partial charge in [-0.25, -0.2) is 4.79 Å². The molecule has 1 aromatic heterocycles. The maximum absolute atomic E-state index is 12.7. The Morgan fingerprint density at radius 2 is 2.29 bits per heavy atom. The quantitative estimate of drug-likeness (QED) is 0.865. The maximum atomic E-state index is 12.7. The summed E-state index contributed by atoms with van der Waals surface area (Å²) in [5, 5.41) is 0.338. The van der Waals surface area contributed by atoms with Crippen molar-refractivity contribution in [3.05, 3.63) is 36.0 Å². The van der Waals surface area contributed by atoms with E-state index in [2.05, 4.69) is 4.98 Å². The Balaban J connectivity index is 1.56. The van der Waals surface area contributed by atoms with Crippen LogP contribution in [-0.4, -0.2) is 41.0 Å². The van der Waals surface area contributed by atoms with Gasteiger partial charge >= 0.3 is 5.97 Å². The smallest absolute Gasteiger partial charge is 0.340 e. The summed E-state index contributed by atoms with van der Waals surface area (Å²) >= 11 is 0. The van der Waals surface area contributed by atoms with E-state index in [1.54, 1.807) is 4.90 Å². The minimum absolute atomic E-state index is 0.0261. The van der Waals surface area contributed by atoms with Gasteiger partial charge in [-0.3, -0.25) is 0 Å². The second-order valence-electron chi connectivity index (χ2n) is 5.80. The molecule has 4 heteroatoms. The Kier molecular flexibility index (Phi) is 1.86. The Morgan fingerprint density at radius 1 is 1.48 bits per heavy atom. The van der Waals surface area contributed by atoms with E-state index in [1.165, 1.54) is 12.1 Å². The molecule has 4 rings (SSSR count). The zero-order valence-corrected chi connectivity index (χ0v) is 11.5. The molecule has 2 fully saturated rings. The third-order valence-electron chi connectivity index (χ3n) is 4.55. The van der Waals surface area contributed by atoms with E-state index in [1.807, 2.05) is 0 Å². The van der Waals surface area contributed by atoms with Gasteiger partial charge in [-0.2, -0.15) is 0 Å². The van der Waals surface area contributed by atoms with Crippen molar-refractivity contribution in [3.8, 4) is 0 Å². The predicted molar refractivity (Wildman–Crippen MR) is 81.3 cm³/mol. The molecule has 1 unspecified atom stereocenters. The Labute approximate surface area is 132 Å². The van der Waals surface area contributed by atoms with Crippen LogP contribution in [0.25, 0.3) is 10.9 Å². The summed E-state index contributed by atoms with van der Waals surface area (Å²) in [5.74, 6) is -0.664. The number of fused-ring (bicyclic) bond motifs is 3. The summed E-state index contributed by atoms with van der Waals surface area (Å²) < 4.78 is 52.4. The summed E-state index contributed by atoms with van der Waals surface area (Å²) in [4.78, 5) is 17.0. The van der Waals surface area contributed by atoms with Gasteiger partial charge in [0.2, 0.25) is 0 Å². The van der Waals surface area contributed by atoms with Crippen LogP contribution in [0, 0.1) is 0 Å². The number of H-pyrrole nitrogens is 1. The van der Waals surface area contributed by atoms with Crippen LogP contribution in [0.2, 0.25) is 0 Å². The first-order valence-corrected chi connectivity index (χ1v) is 7.24. The van der Waals surface area contributed by atoms with E-state index >= 15 is 0 Å². The summed E-state index contributed by atoms with van der Waals surface area (Å²) in [5.41, 5.74) is 0.360. The minimum Gasteiger partial charge on any atom is -0.459 e. The number of nitrogens with zero attached hydrogens (tertiary/aromatic N) is 1. The van der Waals surface area contributed by atoms with Crippen LogP contribution >= 0.6 is 0 Å².